The van der Waals surface area contributed by atoms with Gasteiger partial charge in [0.1, 0.15) is 10.9 Å². The molecule has 4 nitrogen and oxygen atoms in total. The quantitative estimate of drug-likeness (QED) is 0.624. The minimum absolute atomic E-state index is 0.0315. The lowest BCUT2D eigenvalue weighted by molar-refractivity contribution is -0.113. The smallest absolute Gasteiger partial charge is 0.234 e. The van der Waals surface area contributed by atoms with E-state index in [4.69, 9.17) is 33.2 Å². The number of carbonyl (C=O) groups excluding carboxylic acids is 1. The lowest BCUT2D eigenvalue weighted by Crippen LogP contribution is -2.17. The van der Waals surface area contributed by atoms with Crippen molar-refractivity contribution >= 4 is 57.3 Å². The van der Waals surface area contributed by atoms with Crippen LogP contribution in [0.25, 0.3) is 0 Å². The fourth-order valence-electron chi connectivity index (χ4n) is 3.49. The van der Waals surface area contributed by atoms with Crippen LogP contribution >= 0.6 is 35.0 Å². The molecular formula is C21H18Cl2FN3OS. The van der Waals surface area contributed by atoms with Crippen LogP contribution in [-0.4, -0.2) is 28.1 Å². The number of amides is 1. The zero-order valence-electron chi connectivity index (χ0n) is 15.4. The summed E-state index contributed by atoms with van der Waals surface area (Å²) in [7, 11) is 0. The number of hydrogen-bond donors (Lipinski definition) is 1. The van der Waals surface area contributed by atoms with Gasteiger partial charge in [0, 0.05) is 16.3 Å². The third-order valence-corrected chi connectivity index (χ3v) is 6.40. The molecule has 4 rings (SSSR count). The van der Waals surface area contributed by atoms with Gasteiger partial charge >= 0.3 is 0 Å². The Balaban J connectivity index is 1.48. The van der Waals surface area contributed by atoms with E-state index in [1.807, 2.05) is 24.3 Å². The average Bonchev–Trinajstić information content (AvgIpc) is 3.31. The maximum absolute atomic E-state index is 13.3. The highest BCUT2D eigenvalue weighted by Gasteiger charge is 2.39. The molecule has 1 aliphatic carbocycles. The number of thioether (sulfide) groups is 1. The van der Waals surface area contributed by atoms with E-state index in [1.54, 1.807) is 0 Å². The van der Waals surface area contributed by atoms with Crippen molar-refractivity contribution in [3.63, 3.8) is 0 Å². The number of hydrogen-bond acceptors (Lipinski definition) is 4. The number of aliphatic imine (C=N–C) groups is 2. The largest absolute Gasteiger partial charge is 0.325 e. The normalized spacial score (nSPS) is 17.3. The van der Waals surface area contributed by atoms with Crippen LogP contribution in [0.3, 0.4) is 0 Å². The Labute approximate surface area is 182 Å². The number of benzene rings is 2. The highest BCUT2D eigenvalue weighted by molar-refractivity contribution is 8.16. The van der Waals surface area contributed by atoms with Crippen LogP contribution < -0.4 is 5.32 Å². The first-order valence-electron chi connectivity index (χ1n) is 9.28. The minimum Gasteiger partial charge on any atom is -0.325 e. The van der Waals surface area contributed by atoms with Gasteiger partial charge in [-0.25, -0.2) is 9.38 Å². The molecule has 2 aromatic carbocycles. The third-order valence-electron chi connectivity index (χ3n) is 4.90. The van der Waals surface area contributed by atoms with Gasteiger partial charge in [-0.15, -0.1) is 0 Å². The van der Waals surface area contributed by atoms with Crippen LogP contribution in [0.15, 0.2) is 52.4 Å². The molecule has 1 amide bonds. The van der Waals surface area contributed by atoms with E-state index in [1.165, 1.54) is 30.0 Å². The van der Waals surface area contributed by atoms with Crippen LogP contribution in [0.4, 0.5) is 10.1 Å². The summed E-state index contributed by atoms with van der Waals surface area (Å²) in [6.07, 6.45) is 4.05. The molecule has 0 atom stereocenters. The number of halogens is 3. The lowest BCUT2D eigenvalue weighted by Gasteiger charge is -2.14. The van der Waals surface area contributed by atoms with E-state index < -0.39 is 11.5 Å². The molecule has 0 saturated heterocycles. The molecule has 0 bridgehead atoms. The van der Waals surface area contributed by atoms with Crippen LogP contribution in [0.5, 0.6) is 0 Å². The van der Waals surface area contributed by atoms with Gasteiger partial charge in [-0.3, -0.25) is 9.79 Å². The zero-order chi connectivity index (χ0) is 20.4. The molecule has 1 N–H and O–H groups in total. The molecule has 1 heterocycles. The SMILES string of the molecule is O=C(CSC1=NC2(CCCC2)N=C1c1ccc(Cl)cc1)Nc1ccc(F)c(Cl)c1. The first-order chi connectivity index (χ1) is 13.9. The summed E-state index contributed by atoms with van der Waals surface area (Å²) in [5.74, 6) is -0.579. The van der Waals surface area contributed by atoms with E-state index >= 15 is 0 Å². The monoisotopic (exact) mass is 449 g/mol. The second-order valence-corrected chi connectivity index (χ2v) is 8.85. The molecular weight excluding hydrogens is 432 g/mol. The van der Waals surface area contributed by atoms with Gasteiger partial charge in [-0.2, -0.15) is 0 Å². The molecule has 0 radical (unpaired) electrons. The molecule has 29 heavy (non-hydrogen) atoms. The molecule has 0 unspecified atom stereocenters. The Morgan fingerprint density at radius 2 is 1.83 bits per heavy atom. The molecule has 0 aromatic heterocycles. The summed E-state index contributed by atoms with van der Waals surface area (Å²) in [5.41, 5.74) is 1.81. The van der Waals surface area contributed by atoms with Gasteiger partial charge in [-0.05, 0) is 56.0 Å². The molecule has 2 aliphatic rings. The third kappa shape index (κ3) is 4.65. The summed E-state index contributed by atoms with van der Waals surface area (Å²) in [5, 5.41) is 4.13. The van der Waals surface area contributed by atoms with Crippen molar-refractivity contribution in [2.45, 2.75) is 31.3 Å². The van der Waals surface area contributed by atoms with Crippen molar-refractivity contribution in [2.75, 3.05) is 11.1 Å². The van der Waals surface area contributed by atoms with Gasteiger partial charge in [0.05, 0.1) is 16.5 Å². The van der Waals surface area contributed by atoms with E-state index in [-0.39, 0.29) is 16.7 Å². The lowest BCUT2D eigenvalue weighted by atomic mass is 10.1. The van der Waals surface area contributed by atoms with Crippen LogP contribution in [0.2, 0.25) is 10.0 Å². The topological polar surface area (TPSA) is 53.8 Å². The maximum atomic E-state index is 13.3. The predicted molar refractivity (Wildman–Crippen MR) is 119 cm³/mol. The van der Waals surface area contributed by atoms with Crippen molar-refractivity contribution in [3.05, 3.63) is 63.9 Å². The first kappa shape index (κ1) is 20.4. The molecule has 2 aromatic rings. The Morgan fingerprint density at radius 1 is 1.10 bits per heavy atom. The minimum atomic E-state index is -0.523. The number of rotatable bonds is 4. The summed E-state index contributed by atoms with van der Waals surface area (Å²) in [4.78, 5) is 22.2. The molecule has 150 valence electrons. The van der Waals surface area contributed by atoms with Crippen molar-refractivity contribution in [2.24, 2.45) is 9.98 Å². The fourth-order valence-corrected chi connectivity index (χ4v) is 4.67. The summed E-state index contributed by atoms with van der Waals surface area (Å²) < 4.78 is 13.3. The van der Waals surface area contributed by atoms with E-state index in [0.717, 1.165) is 42.0 Å². The van der Waals surface area contributed by atoms with Crippen molar-refractivity contribution in [1.29, 1.82) is 0 Å². The fraction of sp³-hybridized carbons (Fsp3) is 0.286. The number of nitrogens with one attached hydrogen (secondary N) is 1. The van der Waals surface area contributed by atoms with Gasteiger partial charge in [-0.1, -0.05) is 47.1 Å². The standard InChI is InChI=1S/C21H18Cl2FN3OS/c22-14-5-3-13(4-6-14)19-20(27-21(26-19)9-1-2-10-21)29-12-18(28)25-15-7-8-17(24)16(23)11-15/h3-8,11H,1-2,9-10,12H2,(H,25,28). The Bertz CT molecular complexity index is 1000. The number of nitrogens with zero attached hydrogens (tertiary/aromatic N) is 2. The van der Waals surface area contributed by atoms with Crippen LogP contribution in [0.1, 0.15) is 31.2 Å². The van der Waals surface area contributed by atoms with Gasteiger partial charge in [0.25, 0.3) is 0 Å². The van der Waals surface area contributed by atoms with E-state index in [0.29, 0.717) is 10.7 Å². The molecule has 1 fully saturated rings. The van der Waals surface area contributed by atoms with Crippen LogP contribution in [-0.2, 0) is 4.79 Å². The average molecular weight is 450 g/mol. The van der Waals surface area contributed by atoms with E-state index in [9.17, 15) is 9.18 Å². The Hall–Kier alpha value is -1.89. The molecule has 8 heteroatoms. The highest BCUT2D eigenvalue weighted by Crippen LogP contribution is 2.40. The van der Waals surface area contributed by atoms with E-state index in [2.05, 4.69) is 5.32 Å². The summed E-state index contributed by atoms with van der Waals surface area (Å²) in [6, 6.07) is 11.6. The van der Waals surface area contributed by atoms with Gasteiger partial charge in [0.2, 0.25) is 5.91 Å². The second-order valence-electron chi connectivity index (χ2n) is 7.04. The van der Waals surface area contributed by atoms with Gasteiger partial charge in [0.15, 0.2) is 5.66 Å². The van der Waals surface area contributed by atoms with Crippen LogP contribution in [0, 0.1) is 5.82 Å². The summed E-state index contributed by atoms with van der Waals surface area (Å²) in [6.45, 7) is 0. The maximum Gasteiger partial charge on any atom is 0.234 e. The van der Waals surface area contributed by atoms with Gasteiger partial charge < -0.3 is 5.32 Å². The second kappa shape index (κ2) is 8.46. The molecule has 1 spiro atoms. The van der Waals surface area contributed by atoms with Crippen molar-refractivity contribution in [1.82, 2.24) is 0 Å². The Morgan fingerprint density at radius 3 is 2.52 bits per heavy atom. The highest BCUT2D eigenvalue weighted by atomic mass is 35.5. The molecule has 1 aliphatic heterocycles. The number of carbonyl (C=O) groups is 1. The summed E-state index contributed by atoms with van der Waals surface area (Å²) >= 11 is 13.1. The van der Waals surface area contributed by atoms with Crippen molar-refractivity contribution in [3.8, 4) is 0 Å². The van der Waals surface area contributed by atoms with Crippen molar-refractivity contribution < 1.29 is 9.18 Å². The zero-order valence-corrected chi connectivity index (χ0v) is 17.8. The number of anilines is 1. The first-order valence-corrected chi connectivity index (χ1v) is 11.0. The molecule has 1 saturated carbocycles. The predicted octanol–water partition coefficient (Wildman–Crippen LogP) is 5.98. The Kier molecular flexibility index (Phi) is 5.95.